The van der Waals surface area contributed by atoms with Crippen molar-refractivity contribution >= 4 is 16.9 Å². The molecule has 2 aromatic heterocycles. The average Bonchev–Trinajstić information content (AvgIpc) is 3.16. The smallest absolute Gasteiger partial charge is 0.306 e. The highest BCUT2D eigenvalue weighted by molar-refractivity contribution is 5.94. The van der Waals surface area contributed by atoms with E-state index >= 15 is 0 Å². The van der Waals surface area contributed by atoms with Crippen molar-refractivity contribution in [3.63, 3.8) is 0 Å². The van der Waals surface area contributed by atoms with Crippen LogP contribution in [0.4, 0.5) is 0 Å². The molecule has 0 amide bonds. The number of aliphatic carboxylic acids is 1. The zero-order valence-electron chi connectivity index (χ0n) is 17.7. The van der Waals surface area contributed by atoms with E-state index in [9.17, 15) is 15.2 Å². The molecule has 1 atom stereocenters. The van der Waals surface area contributed by atoms with Crippen LogP contribution in [0.25, 0.3) is 10.9 Å². The number of carboxylic acid groups (broad SMARTS) is 1. The first-order chi connectivity index (χ1) is 15.0. The van der Waals surface area contributed by atoms with Gasteiger partial charge in [-0.1, -0.05) is 13.3 Å². The molecule has 160 valence electrons. The molecule has 0 bridgehead atoms. The Morgan fingerprint density at radius 2 is 2.19 bits per heavy atom. The van der Waals surface area contributed by atoms with Crippen molar-refractivity contribution in [2.45, 2.75) is 51.7 Å². The summed E-state index contributed by atoms with van der Waals surface area (Å²) in [6.45, 7) is 4.76. The number of rotatable bonds is 7. The summed E-state index contributed by atoms with van der Waals surface area (Å²) in [5.41, 5.74) is 4.05. The number of carbonyl (C=O) groups is 1. The molecule has 0 spiro atoms. The highest BCUT2D eigenvalue weighted by Crippen LogP contribution is 2.45. The van der Waals surface area contributed by atoms with E-state index in [0.717, 1.165) is 39.7 Å². The lowest BCUT2D eigenvalue weighted by molar-refractivity contribution is -0.149. The third-order valence-corrected chi connectivity index (χ3v) is 5.93. The number of benzene rings is 1. The second-order valence-electron chi connectivity index (χ2n) is 7.95. The summed E-state index contributed by atoms with van der Waals surface area (Å²) in [4.78, 5) is 19.1. The monoisotopic (exact) mass is 419 g/mol. The summed E-state index contributed by atoms with van der Waals surface area (Å²) >= 11 is 0. The Morgan fingerprint density at radius 1 is 1.42 bits per heavy atom. The maximum absolute atomic E-state index is 11.7. The van der Waals surface area contributed by atoms with Gasteiger partial charge in [0.05, 0.1) is 35.9 Å². The Bertz CT molecular complexity index is 1160. The SMILES string of the molecule is CCCC1(CC(=O)O)OCCc2c1[nH]c1c(C)c(OCc3ccncc3)cc(C#N)c21. The van der Waals surface area contributed by atoms with Gasteiger partial charge in [0.15, 0.2) is 0 Å². The van der Waals surface area contributed by atoms with Gasteiger partial charge in [-0.05, 0) is 49.1 Å². The molecule has 1 aliphatic heterocycles. The first kappa shape index (κ1) is 20.9. The predicted octanol–water partition coefficient (Wildman–Crippen LogP) is 4.36. The molecule has 0 fully saturated rings. The van der Waals surface area contributed by atoms with Gasteiger partial charge in [0, 0.05) is 23.3 Å². The fraction of sp³-hybridized carbons (Fsp3) is 0.375. The van der Waals surface area contributed by atoms with Gasteiger partial charge in [0.25, 0.3) is 0 Å². The number of hydrogen-bond donors (Lipinski definition) is 2. The van der Waals surface area contributed by atoms with Crippen LogP contribution in [0.5, 0.6) is 5.75 Å². The van der Waals surface area contributed by atoms with Crippen molar-refractivity contribution < 1.29 is 19.4 Å². The predicted molar refractivity (Wildman–Crippen MR) is 115 cm³/mol. The Balaban J connectivity index is 1.84. The topological polar surface area (TPSA) is 108 Å². The highest BCUT2D eigenvalue weighted by atomic mass is 16.5. The quantitative estimate of drug-likeness (QED) is 0.589. The molecule has 7 nitrogen and oxygen atoms in total. The Kier molecular flexibility index (Phi) is 5.66. The highest BCUT2D eigenvalue weighted by Gasteiger charge is 2.42. The number of nitriles is 1. The normalized spacial score (nSPS) is 17.8. The maximum Gasteiger partial charge on any atom is 0.306 e. The van der Waals surface area contributed by atoms with Crippen LogP contribution in [0.1, 0.15) is 54.1 Å². The van der Waals surface area contributed by atoms with E-state index < -0.39 is 11.6 Å². The first-order valence-corrected chi connectivity index (χ1v) is 10.4. The number of fused-ring (bicyclic) bond motifs is 3. The van der Waals surface area contributed by atoms with E-state index in [0.29, 0.717) is 37.4 Å². The van der Waals surface area contributed by atoms with Crippen LogP contribution in [-0.4, -0.2) is 27.7 Å². The number of aromatic nitrogens is 2. The largest absolute Gasteiger partial charge is 0.489 e. The zero-order valence-corrected chi connectivity index (χ0v) is 17.7. The van der Waals surface area contributed by atoms with Crippen LogP contribution in [0.15, 0.2) is 30.6 Å². The number of aryl methyl sites for hydroxylation is 1. The van der Waals surface area contributed by atoms with Crippen LogP contribution in [0.2, 0.25) is 0 Å². The second-order valence-corrected chi connectivity index (χ2v) is 7.95. The third kappa shape index (κ3) is 3.75. The summed E-state index contributed by atoms with van der Waals surface area (Å²) in [5.74, 6) is -0.279. The zero-order chi connectivity index (χ0) is 22.0. The molecule has 4 rings (SSSR count). The van der Waals surface area contributed by atoms with Crippen molar-refractivity contribution in [3.8, 4) is 11.8 Å². The number of H-pyrrole nitrogens is 1. The van der Waals surface area contributed by atoms with Crippen LogP contribution in [0.3, 0.4) is 0 Å². The molecule has 7 heteroatoms. The van der Waals surface area contributed by atoms with Crippen LogP contribution < -0.4 is 4.74 Å². The minimum atomic E-state index is -0.912. The minimum Gasteiger partial charge on any atom is -0.489 e. The molecular weight excluding hydrogens is 394 g/mol. The van der Waals surface area contributed by atoms with E-state index in [-0.39, 0.29) is 6.42 Å². The van der Waals surface area contributed by atoms with Crippen molar-refractivity contribution in [2.24, 2.45) is 0 Å². The molecule has 0 radical (unpaired) electrons. The number of ether oxygens (including phenoxy) is 2. The van der Waals surface area contributed by atoms with Crippen LogP contribution >= 0.6 is 0 Å². The second kappa shape index (κ2) is 8.40. The molecule has 3 aromatic rings. The van der Waals surface area contributed by atoms with Crippen molar-refractivity contribution in [1.82, 2.24) is 9.97 Å². The van der Waals surface area contributed by atoms with Gasteiger partial charge in [0.2, 0.25) is 0 Å². The number of hydrogen-bond acceptors (Lipinski definition) is 5. The fourth-order valence-corrected chi connectivity index (χ4v) is 4.56. The number of nitrogens with zero attached hydrogens (tertiary/aromatic N) is 2. The van der Waals surface area contributed by atoms with Gasteiger partial charge in [0.1, 0.15) is 18.0 Å². The summed E-state index contributed by atoms with van der Waals surface area (Å²) in [5, 5.41) is 20.3. The Labute approximate surface area is 180 Å². The lowest BCUT2D eigenvalue weighted by atomic mass is 9.84. The van der Waals surface area contributed by atoms with Crippen LogP contribution in [0, 0.1) is 18.3 Å². The van der Waals surface area contributed by atoms with E-state index in [2.05, 4.69) is 16.0 Å². The lowest BCUT2D eigenvalue weighted by Gasteiger charge is -2.36. The fourth-order valence-electron chi connectivity index (χ4n) is 4.56. The average molecular weight is 419 g/mol. The van der Waals surface area contributed by atoms with Gasteiger partial charge in [-0.15, -0.1) is 0 Å². The molecule has 0 aliphatic carbocycles. The number of carboxylic acids is 1. The Morgan fingerprint density at radius 3 is 2.87 bits per heavy atom. The van der Waals surface area contributed by atoms with Gasteiger partial charge in [-0.2, -0.15) is 5.26 Å². The molecule has 3 heterocycles. The Hall–Kier alpha value is -3.37. The standard InChI is InChI=1S/C24H25N3O4/c1-3-7-24(12-20(28)29)23-18(6-10-31-24)21-17(13-25)11-19(15(2)22(21)27-23)30-14-16-4-8-26-9-5-16/h4-5,8-9,11,27H,3,6-7,10,12,14H2,1-2H3,(H,28,29). The number of nitrogens with one attached hydrogen (secondary N) is 1. The molecular formula is C24H25N3O4. The van der Waals surface area contributed by atoms with Gasteiger partial charge in [-0.3, -0.25) is 9.78 Å². The van der Waals surface area contributed by atoms with Crippen molar-refractivity contribution in [1.29, 1.82) is 5.26 Å². The van der Waals surface area contributed by atoms with E-state index in [1.165, 1.54) is 0 Å². The molecule has 31 heavy (non-hydrogen) atoms. The number of pyridine rings is 1. The van der Waals surface area contributed by atoms with E-state index in [4.69, 9.17) is 9.47 Å². The molecule has 1 aromatic carbocycles. The summed E-state index contributed by atoms with van der Waals surface area (Å²) in [6.07, 6.45) is 5.31. The molecule has 1 unspecified atom stereocenters. The van der Waals surface area contributed by atoms with E-state index in [1.54, 1.807) is 18.5 Å². The third-order valence-electron chi connectivity index (χ3n) is 5.93. The van der Waals surface area contributed by atoms with Crippen LogP contribution in [-0.2, 0) is 28.2 Å². The van der Waals surface area contributed by atoms with Crippen molar-refractivity contribution in [2.75, 3.05) is 6.61 Å². The summed E-state index contributed by atoms with van der Waals surface area (Å²) in [7, 11) is 0. The summed E-state index contributed by atoms with van der Waals surface area (Å²) < 4.78 is 12.1. The van der Waals surface area contributed by atoms with E-state index in [1.807, 2.05) is 26.0 Å². The molecule has 2 N–H and O–H groups in total. The van der Waals surface area contributed by atoms with Gasteiger partial charge in [-0.25, -0.2) is 0 Å². The number of aromatic amines is 1. The molecule has 0 saturated heterocycles. The minimum absolute atomic E-state index is 0.118. The molecule has 0 saturated carbocycles. The van der Waals surface area contributed by atoms with Gasteiger partial charge < -0.3 is 19.6 Å². The summed E-state index contributed by atoms with van der Waals surface area (Å²) in [6, 6.07) is 7.85. The maximum atomic E-state index is 11.7. The lowest BCUT2D eigenvalue weighted by Crippen LogP contribution is -2.37. The van der Waals surface area contributed by atoms with Gasteiger partial charge >= 0.3 is 5.97 Å². The molecule has 1 aliphatic rings. The van der Waals surface area contributed by atoms with Crippen molar-refractivity contribution in [3.05, 3.63) is 58.5 Å². The first-order valence-electron chi connectivity index (χ1n) is 10.4.